The standard InChI is InChI=1S/C34H33N3O4/c1-3-39-34(38)31(21-29-17-14-24(2)41-29)37-33-30(20-25-10-6-4-7-11-25)36-32(22-35-33)27-15-18-28(19-16-27)40-23-26-12-8-5-9-13-26/h4-19,22,31H,3,20-21,23H2,1-2H3,(H,35,37). The van der Waals surface area contributed by atoms with E-state index < -0.39 is 6.04 Å². The maximum atomic E-state index is 12.9. The maximum Gasteiger partial charge on any atom is 0.329 e. The molecule has 0 amide bonds. The number of rotatable bonds is 12. The number of benzene rings is 3. The summed E-state index contributed by atoms with van der Waals surface area (Å²) in [4.78, 5) is 22.6. The van der Waals surface area contributed by atoms with Crippen LogP contribution in [0.4, 0.5) is 5.82 Å². The van der Waals surface area contributed by atoms with Crippen molar-refractivity contribution in [2.24, 2.45) is 0 Å². The third-order valence-electron chi connectivity index (χ3n) is 6.54. The quantitative estimate of drug-likeness (QED) is 0.172. The van der Waals surface area contributed by atoms with E-state index in [-0.39, 0.29) is 12.6 Å². The van der Waals surface area contributed by atoms with Gasteiger partial charge in [-0.3, -0.25) is 0 Å². The van der Waals surface area contributed by atoms with E-state index >= 15 is 0 Å². The first-order chi connectivity index (χ1) is 20.1. The van der Waals surface area contributed by atoms with Crippen molar-refractivity contribution in [2.75, 3.05) is 11.9 Å². The molecule has 0 spiro atoms. The van der Waals surface area contributed by atoms with Crippen LogP contribution < -0.4 is 10.1 Å². The van der Waals surface area contributed by atoms with Gasteiger partial charge in [0.05, 0.1) is 24.2 Å². The molecule has 2 heterocycles. The lowest BCUT2D eigenvalue weighted by Crippen LogP contribution is -2.34. The summed E-state index contributed by atoms with van der Waals surface area (Å²) >= 11 is 0. The highest BCUT2D eigenvalue weighted by Gasteiger charge is 2.24. The van der Waals surface area contributed by atoms with Crippen molar-refractivity contribution in [2.45, 2.75) is 39.3 Å². The van der Waals surface area contributed by atoms with E-state index in [0.29, 0.717) is 31.0 Å². The van der Waals surface area contributed by atoms with Crippen LogP contribution in [0.15, 0.2) is 108 Å². The van der Waals surface area contributed by atoms with Crippen molar-refractivity contribution in [1.29, 1.82) is 0 Å². The largest absolute Gasteiger partial charge is 0.489 e. The topological polar surface area (TPSA) is 86.5 Å². The minimum atomic E-state index is -0.684. The van der Waals surface area contributed by atoms with Gasteiger partial charge in [-0.2, -0.15) is 0 Å². The Morgan fingerprint density at radius 3 is 2.27 bits per heavy atom. The Hall–Kier alpha value is -4.91. The second-order valence-electron chi connectivity index (χ2n) is 9.68. The zero-order valence-corrected chi connectivity index (χ0v) is 23.2. The first-order valence-electron chi connectivity index (χ1n) is 13.7. The van der Waals surface area contributed by atoms with Gasteiger partial charge in [0.25, 0.3) is 0 Å². The van der Waals surface area contributed by atoms with Crippen molar-refractivity contribution in [1.82, 2.24) is 9.97 Å². The molecule has 1 unspecified atom stereocenters. The molecule has 5 aromatic rings. The second-order valence-corrected chi connectivity index (χ2v) is 9.68. The predicted molar refractivity (Wildman–Crippen MR) is 159 cm³/mol. The van der Waals surface area contributed by atoms with Crippen molar-refractivity contribution in [3.05, 3.63) is 132 Å². The Kier molecular flexibility index (Phi) is 9.06. The average molecular weight is 548 g/mol. The molecule has 1 atom stereocenters. The fraction of sp³-hybridized carbons (Fsp3) is 0.206. The Labute approximate surface area is 240 Å². The number of aryl methyl sites for hydroxylation is 1. The first kappa shape index (κ1) is 27.6. The zero-order chi connectivity index (χ0) is 28.4. The minimum Gasteiger partial charge on any atom is -0.489 e. The summed E-state index contributed by atoms with van der Waals surface area (Å²) in [5.41, 5.74) is 4.56. The number of carbonyl (C=O) groups excluding carboxylic acids is 1. The highest BCUT2D eigenvalue weighted by molar-refractivity contribution is 5.79. The molecule has 41 heavy (non-hydrogen) atoms. The molecule has 0 aliphatic carbocycles. The molecule has 0 bridgehead atoms. The van der Waals surface area contributed by atoms with Crippen LogP contribution in [0, 0.1) is 6.92 Å². The van der Waals surface area contributed by atoms with Gasteiger partial charge in [-0.15, -0.1) is 0 Å². The lowest BCUT2D eigenvalue weighted by Gasteiger charge is -2.19. The highest BCUT2D eigenvalue weighted by Crippen LogP contribution is 2.25. The SMILES string of the molecule is CCOC(=O)C(Cc1ccc(C)o1)Nc1ncc(-c2ccc(OCc3ccccc3)cc2)nc1Cc1ccccc1. The van der Waals surface area contributed by atoms with Crippen molar-refractivity contribution < 1.29 is 18.7 Å². The molecule has 0 aliphatic heterocycles. The van der Waals surface area contributed by atoms with Crippen molar-refractivity contribution in [3.63, 3.8) is 0 Å². The summed E-state index contributed by atoms with van der Waals surface area (Å²) in [6.45, 7) is 4.45. The Morgan fingerprint density at radius 2 is 1.61 bits per heavy atom. The van der Waals surface area contributed by atoms with Crippen LogP contribution in [-0.4, -0.2) is 28.6 Å². The van der Waals surface area contributed by atoms with E-state index in [2.05, 4.69) is 5.32 Å². The van der Waals surface area contributed by atoms with Crippen LogP contribution in [0.1, 0.15) is 35.3 Å². The minimum absolute atomic E-state index is 0.279. The number of nitrogens with zero attached hydrogens (tertiary/aromatic N) is 2. The van der Waals surface area contributed by atoms with Gasteiger partial charge in [-0.05, 0) is 61.4 Å². The summed E-state index contributed by atoms with van der Waals surface area (Å²) in [6.07, 6.45) is 2.58. The Bertz CT molecular complexity index is 1550. The number of ether oxygens (including phenoxy) is 2. The summed E-state index contributed by atoms with van der Waals surface area (Å²) in [5.74, 6) is 2.41. The second kappa shape index (κ2) is 13.4. The molecule has 5 rings (SSSR count). The average Bonchev–Trinajstić information content (AvgIpc) is 3.42. The van der Waals surface area contributed by atoms with Gasteiger partial charge in [0.15, 0.2) is 0 Å². The molecule has 0 saturated carbocycles. The number of hydrogen-bond donors (Lipinski definition) is 1. The molecule has 0 aliphatic rings. The summed E-state index contributed by atoms with van der Waals surface area (Å²) < 4.78 is 17.0. The van der Waals surface area contributed by atoms with Crippen LogP contribution >= 0.6 is 0 Å². The fourth-order valence-electron chi connectivity index (χ4n) is 4.46. The zero-order valence-electron chi connectivity index (χ0n) is 23.2. The molecular weight excluding hydrogens is 514 g/mol. The number of hydrogen-bond acceptors (Lipinski definition) is 7. The number of esters is 1. The van der Waals surface area contributed by atoms with E-state index in [1.807, 2.05) is 104 Å². The Balaban J connectivity index is 1.39. The molecule has 1 N–H and O–H groups in total. The predicted octanol–water partition coefficient (Wildman–Crippen LogP) is 6.80. The van der Waals surface area contributed by atoms with Crippen LogP contribution in [0.2, 0.25) is 0 Å². The third kappa shape index (κ3) is 7.60. The van der Waals surface area contributed by atoms with E-state index in [9.17, 15) is 4.79 Å². The fourth-order valence-corrected chi connectivity index (χ4v) is 4.46. The molecule has 0 saturated heterocycles. The van der Waals surface area contributed by atoms with Crippen molar-refractivity contribution >= 4 is 11.8 Å². The van der Waals surface area contributed by atoms with E-state index in [0.717, 1.165) is 39.6 Å². The molecule has 0 radical (unpaired) electrons. The van der Waals surface area contributed by atoms with Gasteiger partial charge in [0.2, 0.25) is 0 Å². The van der Waals surface area contributed by atoms with E-state index in [1.54, 1.807) is 13.1 Å². The monoisotopic (exact) mass is 547 g/mol. The van der Waals surface area contributed by atoms with Crippen LogP contribution in [0.5, 0.6) is 5.75 Å². The van der Waals surface area contributed by atoms with Gasteiger partial charge in [0.1, 0.15) is 35.7 Å². The molecule has 3 aromatic carbocycles. The van der Waals surface area contributed by atoms with Crippen LogP contribution in [0.3, 0.4) is 0 Å². The summed E-state index contributed by atoms with van der Waals surface area (Å²) in [6, 6.07) is 31.0. The number of nitrogens with one attached hydrogen (secondary N) is 1. The van der Waals surface area contributed by atoms with Crippen molar-refractivity contribution in [3.8, 4) is 17.0 Å². The molecule has 2 aromatic heterocycles. The number of aromatic nitrogens is 2. The third-order valence-corrected chi connectivity index (χ3v) is 6.54. The normalized spacial score (nSPS) is 11.6. The molecule has 0 fully saturated rings. The highest BCUT2D eigenvalue weighted by atomic mass is 16.5. The van der Waals surface area contributed by atoms with E-state index in [4.69, 9.17) is 23.9 Å². The van der Waals surface area contributed by atoms with Gasteiger partial charge < -0.3 is 19.2 Å². The van der Waals surface area contributed by atoms with Crippen LogP contribution in [-0.2, 0) is 29.0 Å². The summed E-state index contributed by atoms with van der Waals surface area (Å²) in [7, 11) is 0. The van der Waals surface area contributed by atoms with Gasteiger partial charge in [0, 0.05) is 18.4 Å². The number of anilines is 1. The summed E-state index contributed by atoms with van der Waals surface area (Å²) in [5, 5.41) is 3.30. The number of furan rings is 1. The smallest absolute Gasteiger partial charge is 0.329 e. The molecule has 7 nitrogen and oxygen atoms in total. The Morgan fingerprint density at radius 1 is 0.902 bits per heavy atom. The maximum absolute atomic E-state index is 12.9. The lowest BCUT2D eigenvalue weighted by atomic mass is 10.1. The molecular formula is C34H33N3O4. The molecule has 208 valence electrons. The van der Waals surface area contributed by atoms with Gasteiger partial charge >= 0.3 is 5.97 Å². The van der Waals surface area contributed by atoms with Gasteiger partial charge in [-0.1, -0.05) is 60.7 Å². The number of carbonyl (C=O) groups is 1. The first-order valence-corrected chi connectivity index (χ1v) is 13.7. The van der Waals surface area contributed by atoms with Crippen LogP contribution in [0.25, 0.3) is 11.3 Å². The van der Waals surface area contributed by atoms with E-state index in [1.165, 1.54) is 0 Å². The van der Waals surface area contributed by atoms with Gasteiger partial charge in [-0.25, -0.2) is 14.8 Å². The molecule has 7 heteroatoms. The lowest BCUT2D eigenvalue weighted by molar-refractivity contribution is -0.144.